The lowest BCUT2D eigenvalue weighted by Crippen LogP contribution is -2.57. The van der Waals surface area contributed by atoms with E-state index in [2.05, 4.69) is 5.32 Å². The van der Waals surface area contributed by atoms with Gasteiger partial charge < -0.3 is 25.4 Å². The van der Waals surface area contributed by atoms with Gasteiger partial charge in [-0.1, -0.05) is 0 Å². The molecule has 0 spiro atoms. The Hall–Kier alpha value is -0.980. The first kappa shape index (κ1) is 15.0. The summed E-state index contributed by atoms with van der Waals surface area (Å²) in [6.45, 7) is -0.188. The van der Waals surface area contributed by atoms with E-state index in [1.807, 2.05) is 0 Å². The third-order valence-electron chi connectivity index (χ3n) is 2.25. The Balaban J connectivity index is 4.05. The number of amides is 1. The van der Waals surface area contributed by atoms with E-state index in [-0.39, 0.29) is 12.2 Å². The molecule has 0 saturated carbocycles. The van der Waals surface area contributed by atoms with Gasteiger partial charge in [-0.25, -0.2) is 0 Å². The molecule has 0 radical (unpaired) electrons. The summed E-state index contributed by atoms with van der Waals surface area (Å²) in [4.78, 5) is 22.0. The van der Waals surface area contributed by atoms with Crippen LogP contribution in [0, 0.1) is 0 Å². The lowest BCUT2D eigenvalue weighted by molar-refractivity contribution is -0.125. The summed E-state index contributed by atoms with van der Waals surface area (Å²) in [6, 6.07) is 0. The van der Waals surface area contributed by atoms with Crippen LogP contribution in [-0.4, -0.2) is 52.4 Å². The van der Waals surface area contributed by atoms with E-state index >= 15 is 0 Å². The van der Waals surface area contributed by atoms with E-state index in [1.54, 1.807) is 0 Å². The van der Waals surface area contributed by atoms with Gasteiger partial charge in [-0.05, 0) is 13.3 Å². The predicted octanol–water partition coefficient (Wildman–Crippen LogP) is -1.42. The Morgan fingerprint density at radius 2 is 1.56 bits per heavy atom. The number of Topliss-reactive ketones (excluding diaryl/α,β-unsaturated/α-hetero) is 1. The third-order valence-corrected chi connectivity index (χ3v) is 2.25. The van der Waals surface area contributed by atoms with Crippen molar-refractivity contribution in [1.29, 1.82) is 0 Å². The summed E-state index contributed by atoms with van der Waals surface area (Å²) >= 11 is 0. The molecule has 6 heteroatoms. The van der Waals surface area contributed by atoms with Crippen LogP contribution in [0.5, 0.6) is 0 Å². The molecule has 0 aromatic heterocycles. The van der Waals surface area contributed by atoms with Gasteiger partial charge in [-0.2, -0.15) is 0 Å². The summed E-state index contributed by atoms with van der Waals surface area (Å²) in [6.07, 6.45) is 0.860. The molecule has 0 fully saturated rings. The normalized spacial score (nSPS) is 11.2. The van der Waals surface area contributed by atoms with Crippen LogP contribution in [0.15, 0.2) is 0 Å². The maximum Gasteiger partial charge on any atom is 0.220 e. The highest BCUT2D eigenvalue weighted by molar-refractivity contribution is 5.79. The van der Waals surface area contributed by atoms with Crippen molar-refractivity contribution >= 4 is 11.7 Å². The number of hydrogen-bond donors (Lipinski definition) is 4. The van der Waals surface area contributed by atoms with Crippen molar-refractivity contribution in [2.75, 3.05) is 19.8 Å². The zero-order valence-electron chi connectivity index (χ0n) is 9.40. The molecule has 1 amide bonds. The van der Waals surface area contributed by atoms with E-state index < -0.39 is 31.3 Å². The molecule has 4 N–H and O–H groups in total. The smallest absolute Gasteiger partial charge is 0.220 e. The molecule has 0 aromatic rings. The zero-order chi connectivity index (χ0) is 12.6. The Labute approximate surface area is 94.3 Å². The predicted molar refractivity (Wildman–Crippen MR) is 56.7 cm³/mol. The summed E-state index contributed by atoms with van der Waals surface area (Å²) in [5.41, 5.74) is -1.38. The lowest BCUT2D eigenvalue weighted by atomic mass is 10.0. The van der Waals surface area contributed by atoms with Gasteiger partial charge in [0, 0.05) is 12.8 Å². The summed E-state index contributed by atoms with van der Waals surface area (Å²) < 4.78 is 0. The molecule has 6 nitrogen and oxygen atoms in total. The first-order valence-electron chi connectivity index (χ1n) is 5.12. The van der Waals surface area contributed by atoms with Gasteiger partial charge in [-0.3, -0.25) is 4.79 Å². The number of nitrogens with one attached hydrogen (secondary N) is 1. The van der Waals surface area contributed by atoms with Crippen LogP contribution < -0.4 is 5.32 Å². The molecule has 0 aliphatic carbocycles. The molecule has 0 unspecified atom stereocenters. The SMILES string of the molecule is CC(=O)CCCC(=O)NC(CO)(CO)CO. The standard InChI is InChI=1S/C10H19NO5/c1-8(15)3-2-4-9(16)11-10(5-12,6-13)7-14/h12-14H,2-7H2,1H3,(H,11,16). The van der Waals surface area contributed by atoms with Crippen LogP contribution in [0.2, 0.25) is 0 Å². The molecule has 0 heterocycles. The van der Waals surface area contributed by atoms with Crippen molar-refractivity contribution < 1.29 is 24.9 Å². The number of carbonyl (C=O) groups excluding carboxylic acids is 2. The molecule has 94 valence electrons. The topological polar surface area (TPSA) is 107 Å². The molecule has 0 aliphatic rings. The number of ketones is 1. The quantitative estimate of drug-likeness (QED) is 0.411. The average Bonchev–Trinajstić information content (AvgIpc) is 2.25. The van der Waals surface area contributed by atoms with Crippen LogP contribution in [0.4, 0.5) is 0 Å². The molecule has 0 bridgehead atoms. The maximum atomic E-state index is 11.4. The van der Waals surface area contributed by atoms with Crippen molar-refractivity contribution in [1.82, 2.24) is 5.32 Å². The summed E-state index contributed by atoms with van der Waals surface area (Å²) in [5, 5.41) is 29.2. The Morgan fingerprint density at radius 3 is 1.94 bits per heavy atom. The second-order valence-corrected chi connectivity index (χ2v) is 3.86. The largest absolute Gasteiger partial charge is 0.394 e. The van der Waals surface area contributed by atoms with Gasteiger partial charge in [0.05, 0.1) is 19.8 Å². The molecule has 0 aromatic carbocycles. The van der Waals surface area contributed by atoms with E-state index in [4.69, 9.17) is 15.3 Å². The highest BCUT2D eigenvalue weighted by Crippen LogP contribution is 2.04. The fourth-order valence-electron chi connectivity index (χ4n) is 1.12. The molecular formula is C10H19NO5. The highest BCUT2D eigenvalue weighted by atomic mass is 16.3. The fraction of sp³-hybridized carbons (Fsp3) is 0.800. The van der Waals surface area contributed by atoms with E-state index in [9.17, 15) is 9.59 Å². The fourth-order valence-corrected chi connectivity index (χ4v) is 1.12. The minimum atomic E-state index is -1.38. The third kappa shape index (κ3) is 5.20. The Bertz CT molecular complexity index is 229. The van der Waals surface area contributed by atoms with Crippen molar-refractivity contribution in [3.8, 4) is 0 Å². The van der Waals surface area contributed by atoms with Crippen LogP contribution in [0.25, 0.3) is 0 Å². The van der Waals surface area contributed by atoms with Crippen LogP contribution in [-0.2, 0) is 9.59 Å². The minimum absolute atomic E-state index is 0.00513. The van der Waals surface area contributed by atoms with Gasteiger partial charge in [0.1, 0.15) is 11.3 Å². The van der Waals surface area contributed by atoms with E-state index in [0.717, 1.165) is 0 Å². The zero-order valence-corrected chi connectivity index (χ0v) is 9.40. The Morgan fingerprint density at radius 1 is 1.06 bits per heavy atom. The van der Waals surface area contributed by atoms with Gasteiger partial charge >= 0.3 is 0 Å². The number of rotatable bonds is 8. The Kier molecular flexibility index (Phi) is 6.87. The molecule has 0 rings (SSSR count). The van der Waals surface area contributed by atoms with Crippen molar-refractivity contribution in [2.45, 2.75) is 31.7 Å². The van der Waals surface area contributed by atoms with Crippen LogP contribution >= 0.6 is 0 Å². The first-order chi connectivity index (χ1) is 7.49. The van der Waals surface area contributed by atoms with Crippen molar-refractivity contribution in [3.63, 3.8) is 0 Å². The van der Waals surface area contributed by atoms with Crippen molar-refractivity contribution in [3.05, 3.63) is 0 Å². The van der Waals surface area contributed by atoms with Gasteiger partial charge in [0.15, 0.2) is 0 Å². The van der Waals surface area contributed by atoms with Gasteiger partial charge in [0.2, 0.25) is 5.91 Å². The number of hydrogen-bond acceptors (Lipinski definition) is 5. The maximum absolute atomic E-state index is 11.4. The highest BCUT2D eigenvalue weighted by Gasteiger charge is 2.29. The van der Waals surface area contributed by atoms with Gasteiger partial charge in [-0.15, -0.1) is 0 Å². The van der Waals surface area contributed by atoms with Crippen LogP contribution in [0.1, 0.15) is 26.2 Å². The van der Waals surface area contributed by atoms with E-state index in [1.165, 1.54) is 6.92 Å². The van der Waals surface area contributed by atoms with Gasteiger partial charge in [0.25, 0.3) is 0 Å². The molecule has 0 saturated heterocycles. The number of aliphatic hydroxyl groups excluding tert-OH is 3. The first-order valence-corrected chi connectivity index (χ1v) is 5.12. The molecule has 16 heavy (non-hydrogen) atoms. The summed E-state index contributed by atoms with van der Waals surface area (Å²) in [5.74, 6) is -0.399. The van der Waals surface area contributed by atoms with E-state index in [0.29, 0.717) is 12.8 Å². The minimum Gasteiger partial charge on any atom is -0.394 e. The number of carbonyl (C=O) groups is 2. The monoisotopic (exact) mass is 233 g/mol. The molecular weight excluding hydrogens is 214 g/mol. The molecule has 0 aliphatic heterocycles. The van der Waals surface area contributed by atoms with Crippen molar-refractivity contribution in [2.24, 2.45) is 0 Å². The molecule has 0 atom stereocenters. The van der Waals surface area contributed by atoms with Crippen LogP contribution in [0.3, 0.4) is 0 Å². The lowest BCUT2D eigenvalue weighted by Gasteiger charge is -2.28. The number of aliphatic hydroxyl groups is 3. The second-order valence-electron chi connectivity index (χ2n) is 3.86. The summed E-state index contributed by atoms with van der Waals surface area (Å²) in [7, 11) is 0. The second kappa shape index (κ2) is 7.32. The average molecular weight is 233 g/mol.